The third-order valence-electron chi connectivity index (χ3n) is 2.86. The second-order valence-corrected chi connectivity index (χ2v) is 5.97. The number of hydrogen-bond donors (Lipinski definition) is 1. The van der Waals surface area contributed by atoms with Gasteiger partial charge in [0.15, 0.2) is 5.16 Å². The highest BCUT2D eigenvalue weighted by molar-refractivity contribution is 7.99. The van der Waals surface area contributed by atoms with Crippen LogP contribution in [0.2, 0.25) is 5.02 Å². The van der Waals surface area contributed by atoms with Crippen molar-refractivity contribution in [3.63, 3.8) is 0 Å². The van der Waals surface area contributed by atoms with Crippen molar-refractivity contribution in [1.82, 2.24) is 14.8 Å². The van der Waals surface area contributed by atoms with Crippen LogP contribution in [0.15, 0.2) is 23.4 Å². The number of nitro benzene ring substituents is 1. The third kappa shape index (κ3) is 4.60. The maximum atomic E-state index is 12.6. The molecular formula is C12H9ClF3N5O3S. The van der Waals surface area contributed by atoms with Crippen LogP contribution >= 0.6 is 23.4 Å². The second kappa shape index (κ2) is 7.27. The molecule has 0 aliphatic carbocycles. The molecule has 0 fully saturated rings. The summed E-state index contributed by atoms with van der Waals surface area (Å²) < 4.78 is 38.6. The molecule has 0 saturated carbocycles. The number of carbonyl (C=O) groups is 1. The fourth-order valence-corrected chi connectivity index (χ4v) is 2.60. The molecule has 1 heterocycles. The van der Waals surface area contributed by atoms with Crippen molar-refractivity contribution in [2.75, 3.05) is 11.1 Å². The average molecular weight is 396 g/mol. The molecular weight excluding hydrogens is 387 g/mol. The normalized spacial score (nSPS) is 11.4. The van der Waals surface area contributed by atoms with Gasteiger partial charge in [-0.05, 0) is 6.07 Å². The lowest BCUT2D eigenvalue weighted by Crippen LogP contribution is -2.16. The van der Waals surface area contributed by atoms with E-state index in [1.54, 1.807) is 0 Å². The van der Waals surface area contributed by atoms with Crippen molar-refractivity contribution in [1.29, 1.82) is 0 Å². The van der Waals surface area contributed by atoms with Crippen molar-refractivity contribution >= 4 is 40.6 Å². The molecule has 1 aromatic heterocycles. The number of non-ortho nitro benzene ring substituents is 1. The first-order valence-corrected chi connectivity index (χ1v) is 7.79. The van der Waals surface area contributed by atoms with Crippen LogP contribution in [0.25, 0.3) is 0 Å². The third-order valence-corrected chi connectivity index (χ3v) is 4.21. The SMILES string of the molecule is Cn1c(SCC(=O)Nc2cc([N+](=O)[O-])ccc2Cl)nnc1C(F)(F)F. The minimum atomic E-state index is -4.65. The molecule has 8 nitrogen and oxygen atoms in total. The lowest BCUT2D eigenvalue weighted by atomic mass is 10.3. The van der Waals surface area contributed by atoms with Crippen LogP contribution < -0.4 is 5.32 Å². The molecule has 0 aliphatic heterocycles. The Morgan fingerprint density at radius 3 is 2.68 bits per heavy atom. The van der Waals surface area contributed by atoms with E-state index < -0.39 is 22.8 Å². The number of amides is 1. The Morgan fingerprint density at radius 1 is 1.44 bits per heavy atom. The largest absolute Gasteiger partial charge is 0.451 e. The summed E-state index contributed by atoms with van der Waals surface area (Å²) in [7, 11) is 1.13. The van der Waals surface area contributed by atoms with E-state index >= 15 is 0 Å². The van der Waals surface area contributed by atoms with Gasteiger partial charge in [-0.1, -0.05) is 23.4 Å². The lowest BCUT2D eigenvalue weighted by molar-refractivity contribution is -0.384. The monoisotopic (exact) mass is 395 g/mol. The summed E-state index contributed by atoms with van der Waals surface area (Å²) in [6.07, 6.45) is -4.65. The molecule has 0 saturated heterocycles. The molecule has 0 atom stereocenters. The second-order valence-electron chi connectivity index (χ2n) is 4.62. The molecule has 1 N–H and O–H groups in total. The number of carbonyl (C=O) groups excluding carboxylic acids is 1. The summed E-state index contributed by atoms with van der Waals surface area (Å²) in [5.41, 5.74) is -0.245. The summed E-state index contributed by atoms with van der Waals surface area (Å²) in [4.78, 5) is 22.0. The van der Waals surface area contributed by atoms with Gasteiger partial charge in [0, 0.05) is 19.2 Å². The minimum absolute atomic E-state index is 0.0235. The van der Waals surface area contributed by atoms with Gasteiger partial charge in [-0.25, -0.2) is 0 Å². The Morgan fingerprint density at radius 2 is 2.12 bits per heavy atom. The first-order valence-electron chi connectivity index (χ1n) is 6.42. The molecule has 1 amide bonds. The smallest absolute Gasteiger partial charge is 0.324 e. The molecule has 0 aliphatic rings. The van der Waals surface area contributed by atoms with E-state index in [0.717, 1.165) is 29.4 Å². The number of aromatic nitrogens is 3. The zero-order valence-corrected chi connectivity index (χ0v) is 13.9. The number of alkyl halides is 3. The minimum Gasteiger partial charge on any atom is -0.324 e. The fraction of sp³-hybridized carbons (Fsp3) is 0.250. The van der Waals surface area contributed by atoms with Gasteiger partial charge in [0.1, 0.15) is 0 Å². The maximum Gasteiger partial charge on any atom is 0.451 e. The number of nitrogens with one attached hydrogen (secondary N) is 1. The standard InChI is InChI=1S/C12H9ClF3N5O3S/c1-20-10(12(14,15)16)18-19-11(20)25-5-9(22)17-8-4-6(21(23)24)2-3-7(8)13/h2-4H,5H2,1H3,(H,17,22). The summed E-state index contributed by atoms with van der Waals surface area (Å²) in [6, 6.07) is 3.50. The summed E-state index contributed by atoms with van der Waals surface area (Å²) in [5.74, 6) is -2.09. The zero-order chi connectivity index (χ0) is 18.8. The van der Waals surface area contributed by atoms with E-state index in [4.69, 9.17) is 11.6 Å². The molecule has 13 heteroatoms. The van der Waals surface area contributed by atoms with Crippen molar-refractivity contribution in [2.45, 2.75) is 11.3 Å². The molecule has 1 aromatic carbocycles. The van der Waals surface area contributed by atoms with Gasteiger partial charge in [-0.2, -0.15) is 13.2 Å². The van der Waals surface area contributed by atoms with Gasteiger partial charge >= 0.3 is 6.18 Å². The number of hydrogen-bond acceptors (Lipinski definition) is 6. The number of nitro groups is 1. The Hall–Kier alpha value is -2.34. The summed E-state index contributed by atoms with van der Waals surface area (Å²) >= 11 is 6.57. The molecule has 134 valence electrons. The van der Waals surface area contributed by atoms with Crippen molar-refractivity contribution in [2.24, 2.45) is 7.05 Å². The van der Waals surface area contributed by atoms with Crippen LogP contribution in [-0.2, 0) is 18.0 Å². The fourth-order valence-electron chi connectivity index (χ4n) is 1.73. The number of thioether (sulfide) groups is 1. The Labute approximate surface area is 147 Å². The Bertz CT molecular complexity index is 827. The van der Waals surface area contributed by atoms with E-state index in [1.165, 1.54) is 12.1 Å². The molecule has 0 bridgehead atoms. The molecule has 2 aromatic rings. The first kappa shape index (κ1) is 19.0. The quantitative estimate of drug-likeness (QED) is 0.474. The van der Waals surface area contributed by atoms with E-state index in [9.17, 15) is 28.1 Å². The number of rotatable bonds is 5. The number of nitrogens with zero attached hydrogens (tertiary/aromatic N) is 4. The Kier molecular flexibility index (Phi) is 5.52. The number of halogens is 4. The van der Waals surface area contributed by atoms with E-state index in [0.29, 0.717) is 0 Å². The van der Waals surface area contributed by atoms with E-state index in [2.05, 4.69) is 15.5 Å². The van der Waals surface area contributed by atoms with Crippen molar-refractivity contribution in [3.05, 3.63) is 39.2 Å². The first-order chi connectivity index (χ1) is 11.6. The van der Waals surface area contributed by atoms with Gasteiger partial charge in [0.2, 0.25) is 11.7 Å². The molecule has 25 heavy (non-hydrogen) atoms. The molecule has 0 unspecified atom stereocenters. The van der Waals surface area contributed by atoms with Gasteiger partial charge in [0.05, 0.1) is 21.4 Å². The van der Waals surface area contributed by atoms with Crippen LogP contribution in [0, 0.1) is 10.1 Å². The molecule has 0 radical (unpaired) electrons. The van der Waals surface area contributed by atoms with E-state index in [-0.39, 0.29) is 27.3 Å². The predicted molar refractivity (Wildman–Crippen MR) is 83.5 cm³/mol. The lowest BCUT2D eigenvalue weighted by Gasteiger charge is -2.08. The van der Waals surface area contributed by atoms with Crippen LogP contribution in [0.3, 0.4) is 0 Å². The van der Waals surface area contributed by atoms with Crippen LogP contribution in [-0.4, -0.2) is 31.3 Å². The highest BCUT2D eigenvalue weighted by Crippen LogP contribution is 2.30. The van der Waals surface area contributed by atoms with Crippen LogP contribution in [0.5, 0.6) is 0 Å². The number of benzene rings is 1. The predicted octanol–water partition coefficient (Wildman–Crippen LogP) is 3.13. The average Bonchev–Trinajstić information content (AvgIpc) is 2.88. The maximum absolute atomic E-state index is 12.6. The van der Waals surface area contributed by atoms with Crippen molar-refractivity contribution < 1.29 is 22.9 Å². The van der Waals surface area contributed by atoms with Crippen LogP contribution in [0.4, 0.5) is 24.5 Å². The van der Waals surface area contributed by atoms with Crippen LogP contribution in [0.1, 0.15) is 5.82 Å². The number of anilines is 1. The molecule has 2 rings (SSSR count). The van der Waals surface area contributed by atoms with Gasteiger partial charge in [0.25, 0.3) is 5.69 Å². The Balaban J connectivity index is 2.04. The summed E-state index contributed by atoms with van der Waals surface area (Å²) in [6.45, 7) is 0. The summed E-state index contributed by atoms with van der Waals surface area (Å²) in [5, 5.41) is 19.5. The van der Waals surface area contributed by atoms with Gasteiger partial charge < -0.3 is 9.88 Å². The van der Waals surface area contributed by atoms with Crippen molar-refractivity contribution in [3.8, 4) is 0 Å². The van der Waals surface area contributed by atoms with E-state index in [1.807, 2.05) is 0 Å². The highest BCUT2D eigenvalue weighted by atomic mass is 35.5. The molecule has 0 spiro atoms. The van der Waals surface area contributed by atoms with Gasteiger partial charge in [-0.3, -0.25) is 14.9 Å². The highest BCUT2D eigenvalue weighted by Gasteiger charge is 2.37. The zero-order valence-electron chi connectivity index (χ0n) is 12.4. The van der Waals surface area contributed by atoms with Gasteiger partial charge in [-0.15, -0.1) is 10.2 Å². The topological polar surface area (TPSA) is 103 Å².